The van der Waals surface area contributed by atoms with Crippen LogP contribution in [0.5, 0.6) is 11.5 Å². The third-order valence-corrected chi connectivity index (χ3v) is 3.07. The predicted octanol–water partition coefficient (Wildman–Crippen LogP) is 2.07. The summed E-state index contributed by atoms with van der Waals surface area (Å²) >= 11 is 0. The molecule has 1 aromatic carbocycles. The van der Waals surface area contributed by atoms with Crippen molar-refractivity contribution in [3.8, 4) is 23.3 Å². The zero-order valence-corrected chi connectivity index (χ0v) is 11.3. The SMILES string of the molecule is CC(C)Cc1c(C#N)nnn1-c1ccc2c(c1)OCO2. The number of hydrogen-bond acceptors (Lipinski definition) is 5. The van der Waals surface area contributed by atoms with Crippen molar-refractivity contribution in [3.05, 3.63) is 29.6 Å². The molecule has 0 unspecified atom stereocenters. The second-order valence-corrected chi connectivity index (χ2v) is 5.04. The average molecular weight is 270 g/mol. The van der Waals surface area contributed by atoms with Gasteiger partial charge in [-0.15, -0.1) is 5.10 Å². The Hall–Kier alpha value is -2.55. The van der Waals surface area contributed by atoms with E-state index in [0.717, 1.165) is 23.6 Å². The lowest BCUT2D eigenvalue weighted by atomic mass is 10.1. The van der Waals surface area contributed by atoms with E-state index in [9.17, 15) is 0 Å². The predicted molar refractivity (Wildman–Crippen MR) is 70.7 cm³/mol. The number of fused-ring (bicyclic) bond motifs is 1. The van der Waals surface area contributed by atoms with Gasteiger partial charge in [-0.05, 0) is 24.5 Å². The Morgan fingerprint density at radius 3 is 2.90 bits per heavy atom. The molecule has 6 nitrogen and oxygen atoms in total. The fourth-order valence-electron chi connectivity index (χ4n) is 2.18. The Morgan fingerprint density at radius 2 is 2.15 bits per heavy atom. The normalized spacial score (nSPS) is 12.7. The van der Waals surface area contributed by atoms with E-state index in [0.29, 0.717) is 17.4 Å². The van der Waals surface area contributed by atoms with E-state index in [4.69, 9.17) is 14.7 Å². The van der Waals surface area contributed by atoms with Crippen molar-refractivity contribution in [2.24, 2.45) is 5.92 Å². The van der Waals surface area contributed by atoms with Gasteiger partial charge in [-0.25, -0.2) is 4.68 Å². The molecule has 0 spiro atoms. The second kappa shape index (κ2) is 4.85. The molecule has 0 bridgehead atoms. The zero-order valence-electron chi connectivity index (χ0n) is 11.3. The van der Waals surface area contributed by atoms with Crippen LogP contribution in [-0.4, -0.2) is 21.8 Å². The maximum Gasteiger partial charge on any atom is 0.231 e. The summed E-state index contributed by atoms with van der Waals surface area (Å²) in [5.41, 5.74) is 2.01. The number of ether oxygens (including phenoxy) is 2. The van der Waals surface area contributed by atoms with Gasteiger partial charge < -0.3 is 9.47 Å². The monoisotopic (exact) mass is 270 g/mol. The smallest absolute Gasteiger partial charge is 0.231 e. The largest absolute Gasteiger partial charge is 0.454 e. The summed E-state index contributed by atoms with van der Waals surface area (Å²) in [6.07, 6.45) is 0.740. The summed E-state index contributed by atoms with van der Waals surface area (Å²) in [6, 6.07) is 7.66. The minimum Gasteiger partial charge on any atom is -0.454 e. The zero-order chi connectivity index (χ0) is 14.1. The molecule has 0 atom stereocenters. The van der Waals surface area contributed by atoms with Crippen molar-refractivity contribution in [1.82, 2.24) is 15.0 Å². The van der Waals surface area contributed by atoms with Gasteiger partial charge in [0.15, 0.2) is 17.2 Å². The van der Waals surface area contributed by atoms with Crippen LogP contribution in [0, 0.1) is 17.2 Å². The molecule has 0 saturated carbocycles. The van der Waals surface area contributed by atoms with Gasteiger partial charge in [0, 0.05) is 6.07 Å². The van der Waals surface area contributed by atoms with Gasteiger partial charge in [0.2, 0.25) is 6.79 Å². The van der Waals surface area contributed by atoms with E-state index < -0.39 is 0 Å². The first kappa shape index (κ1) is 12.5. The van der Waals surface area contributed by atoms with E-state index in [1.165, 1.54) is 0 Å². The summed E-state index contributed by atoms with van der Waals surface area (Å²) in [5.74, 6) is 1.82. The van der Waals surface area contributed by atoms with Crippen molar-refractivity contribution in [1.29, 1.82) is 5.26 Å². The molecule has 0 aliphatic carbocycles. The molecule has 2 aromatic rings. The molecule has 1 aliphatic heterocycles. The molecule has 0 amide bonds. The Bertz CT molecular complexity index is 685. The van der Waals surface area contributed by atoms with Gasteiger partial charge >= 0.3 is 0 Å². The fourth-order valence-corrected chi connectivity index (χ4v) is 2.18. The molecule has 102 valence electrons. The second-order valence-electron chi connectivity index (χ2n) is 5.04. The maximum atomic E-state index is 9.14. The van der Waals surface area contributed by atoms with Gasteiger partial charge in [-0.3, -0.25) is 0 Å². The maximum absolute atomic E-state index is 9.14. The van der Waals surface area contributed by atoms with Crippen LogP contribution in [0.1, 0.15) is 25.2 Å². The van der Waals surface area contributed by atoms with Crippen LogP contribution in [0.15, 0.2) is 18.2 Å². The number of aromatic nitrogens is 3. The average Bonchev–Trinajstić information content (AvgIpc) is 3.03. The van der Waals surface area contributed by atoms with Crippen LogP contribution < -0.4 is 9.47 Å². The van der Waals surface area contributed by atoms with Crippen molar-refractivity contribution in [2.75, 3.05) is 6.79 Å². The molecular formula is C14H14N4O2. The Labute approximate surface area is 116 Å². The molecular weight excluding hydrogens is 256 g/mol. The van der Waals surface area contributed by atoms with Crippen LogP contribution in [0.2, 0.25) is 0 Å². The summed E-state index contributed by atoms with van der Waals surface area (Å²) < 4.78 is 12.4. The first-order valence-electron chi connectivity index (χ1n) is 6.43. The Morgan fingerprint density at radius 1 is 1.35 bits per heavy atom. The third-order valence-electron chi connectivity index (χ3n) is 3.07. The van der Waals surface area contributed by atoms with Crippen molar-refractivity contribution in [2.45, 2.75) is 20.3 Å². The summed E-state index contributed by atoms with van der Waals surface area (Å²) in [4.78, 5) is 0. The molecule has 1 aromatic heterocycles. The Balaban J connectivity index is 2.06. The van der Waals surface area contributed by atoms with Crippen LogP contribution in [0.3, 0.4) is 0 Å². The molecule has 0 fully saturated rings. The standard InChI is InChI=1S/C14H14N4O2/c1-9(2)5-12-11(7-15)16-17-18(12)10-3-4-13-14(6-10)20-8-19-13/h3-4,6,9H,5,8H2,1-2H3. The lowest BCUT2D eigenvalue weighted by molar-refractivity contribution is 0.174. The highest BCUT2D eigenvalue weighted by atomic mass is 16.7. The van der Waals surface area contributed by atoms with Crippen LogP contribution in [0.4, 0.5) is 0 Å². The van der Waals surface area contributed by atoms with Gasteiger partial charge in [-0.2, -0.15) is 5.26 Å². The fraction of sp³-hybridized carbons (Fsp3) is 0.357. The lowest BCUT2D eigenvalue weighted by Gasteiger charge is -2.09. The van der Waals surface area contributed by atoms with E-state index in [-0.39, 0.29) is 6.79 Å². The number of rotatable bonds is 3. The van der Waals surface area contributed by atoms with Crippen LogP contribution >= 0.6 is 0 Å². The van der Waals surface area contributed by atoms with Gasteiger partial charge in [0.25, 0.3) is 0 Å². The van der Waals surface area contributed by atoms with Gasteiger partial charge in [0.05, 0.1) is 11.4 Å². The molecule has 3 rings (SSSR count). The highest BCUT2D eigenvalue weighted by molar-refractivity contribution is 5.50. The van der Waals surface area contributed by atoms with Crippen LogP contribution in [0.25, 0.3) is 5.69 Å². The van der Waals surface area contributed by atoms with Crippen molar-refractivity contribution in [3.63, 3.8) is 0 Å². The van der Waals surface area contributed by atoms with Crippen molar-refractivity contribution < 1.29 is 9.47 Å². The topological polar surface area (TPSA) is 73.0 Å². The minimum absolute atomic E-state index is 0.235. The summed E-state index contributed by atoms with van der Waals surface area (Å²) in [5, 5.41) is 17.2. The highest BCUT2D eigenvalue weighted by Crippen LogP contribution is 2.34. The molecule has 0 radical (unpaired) electrons. The van der Waals surface area contributed by atoms with Gasteiger partial charge in [-0.1, -0.05) is 19.1 Å². The van der Waals surface area contributed by atoms with Crippen LogP contribution in [-0.2, 0) is 6.42 Å². The van der Waals surface area contributed by atoms with E-state index in [1.54, 1.807) is 4.68 Å². The molecule has 0 saturated heterocycles. The summed E-state index contributed by atoms with van der Waals surface area (Å²) in [6.45, 7) is 4.43. The Kier molecular flexibility index (Phi) is 3.03. The highest BCUT2D eigenvalue weighted by Gasteiger charge is 2.18. The first-order valence-corrected chi connectivity index (χ1v) is 6.43. The minimum atomic E-state index is 0.235. The number of hydrogen-bond donors (Lipinski definition) is 0. The third kappa shape index (κ3) is 2.07. The number of benzene rings is 1. The number of nitriles is 1. The summed E-state index contributed by atoms with van der Waals surface area (Å²) in [7, 11) is 0. The molecule has 20 heavy (non-hydrogen) atoms. The van der Waals surface area contributed by atoms with E-state index in [1.807, 2.05) is 18.2 Å². The molecule has 6 heteroatoms. The molecule has 0 N–H and O–H groups in total. The van der Waals surface area contributed by atoms with Gasteiger partial charge in [0.1, 0.15) is 6.07 Å². The first-order chi connectivity index (χ1) is 9.69. The van der Waals surface area contributed by atoms with E-state index in [2.05, 4.69) is 30.2 Å². The quantitative estimate of drug-likeness (QED) is 0.853. The lowest BCUT2D eigenvalue weighted by Crippen LogP contribution is -2.06. The number of nitrogens with zero attached hydrogens (tertiary/aromatic N) is 4. The van der Waals surface area contributed by atoms with E-state index >= 15 is 0 Å². The van der Waals surface area contributed by atoms with Crippen molar-refractivity contribution >= 4 is 0 Å². The molecule has 1 aliphatic rings. The molecule has 2 heterocycles.